The Labute approximate surface area is 199 Å². The first-order valence-electron chi connectivity index (χ1n) is 11.2. The molecule has 11 nitrogen and oxygen atoms in total. The minimum Gasteiger partial charge on any atom is -0.379 e. The number of halogens is 2. The molecule has 5 aliphatic heterocycles. The van der Waals surface area contributed by atoms with Gasteiger partial charge in [0.2, 0.25) is 20.9 Å². The molecule has 5 heterocycles. The van der Waals surface area contributed by atoms with Crippen molar-refractivity contribution < 1.29 is 18.9 Å². The molecule has 5 rings (SSSR count). The van der Waals surface area contributed by atoms with E-state index in [0.29, 0.717) is 79.0 Å². The first kappa shape index (κ1) is 24.6. The van der Waals surface area contributed by atoms with E-state index in [0.717, 1.165) is 26.2 Å². The van der Waals surface area contributed by atoms with Crippen molar-refractivity contribution >= 4 is 43.4 Å². The second kappa shape index (κ2) is 10.5. The molecule has 0 unspecified atom stereocenters. The van der Waals surface area contributed by atoms with Crippen molar-refractivity contribution in [1.82, 2.24) is 18.7 Å². The fourth-order valence-electron chi connectivity index (χ4n) is 4.40. The lowest BCUT2D eigenvalue weighted by atomic mass is 10.5. The van der Waals surface area contributed by atoms with Crippen LogP contribution in [0.25, 0.3) is 0 Å². The van der Waals surface area contributed by atoms with E-state index in [2.05, 4.69) is 18.7 Å². The van der Waals surface area contributed by atoms with E-state index in [1.165, 1.54) is 0 Å². The van der Waals surface area contributed by atoms with Crippen LogP contribution >= 0.6 is 43.4 Å². The third-order valence-corrected chi connectivity index (χ3v) is 20.0. The highest BCUT2D eigenvalue weighted by molar-refractivity contribution is 8.02. The molecule has 0 spiro atoms. The average Bonchev–Trinajstić information content (AvgIpc) is 2.86. The lowest BCUT2D eigenvalue weighted by Gasteiger charge is -2.48. The third-order valence-electron chi connectivity index (χ3n) is 6.12. The zero-order valence-corrected chi connectivity index (χ0v) is 22.4. The van der Waals surface area contributed by atoms with Crippen molar-refractivity contribution in [1.29, 1.82) is 0 Å². The summed E-state index contributed by atoms with van der Waals surface area (Å²) in [5.41, 5.74) is 0. The molecule has 0 aromatic rings. The first-order valence-corrected chi connectivity index (χ1v) is 17.9. The van der Waals surface area contributed by atoms with Gasteiger partial charge in [0, 0.05) is 52.4 Å². The Morgan fingerprint density at radius 1 is 0.438 bits per heavy atom. The number of rotatable bonds is 4. The predicted octanol–water partition coefficient (Wildman–Crippen LogP) is 3.65. The Kier molecular flexibility index (Phi) is 8.10. The van der Waals surface area contributed by atoms with Crippen LogP contribution in [0.2, 0.25) is 0 Å². The maximum Gasteiger partial charge on any atom is 0.239 e. The van der Waals surface area contributed by atoms with E-state index >= 15 is 0 Å². The largest absolute Gasteiger partial charge is 0.379 e. The molecule has 0 aliphatic carbocycles. The van der Waals surface area contributed by atoms with Gasteiger partial charge in [0.05, 0.1) is 52.9 Å². The Balaban J connectivity index is 1.68. The first-order chi connectivity index (χ1) is 15.5. The van der Waals surface area contributed by atoms with E-state index in [-0.39, 0.29) is 0 Å². The second-order valence-electron chi connectivity index (χ2n) is 8.06. The lowest BCUT2D eigenvalue weighted by Crippen LogP contribution is -2.43. The molecule has 0 bridgehead atoms. The molecule has 0 N–H and O–H groups in total. The molecule has 2 atom stereocenters. The van der Waals surface area contributed by atoms with Crippen molar-refractivity contribution in [3.63, 3.8) is 0 Å². The number of hydrogen-bond donors (Lipinski definition) is 0. The Morgan fingerprint density at radius 3 is 1.12 bits per heavy atom. The molecule has 5 aliphatic rings. The minimum atomic E-state index is -2.78. The molecule has 0 aromatic heterocycles. The van der Waals surface area contributed by atoms with Crippen LogP contribution in [0.15, 0.2) is 13.5 Å². The van der Waals surface area contributed by atoms with Crippen LogP contribution in [0.5, 0.6) is 0 Å². The minimum absolute atomic E-state index is 0.627. The number of ether oxygens (including phenoxy) is 4. The van der Waals surface area contributed by atoms with Gasteiger partial charge in [0.15, 0.2) is 0 Å². The van der Waals surface area contributed by atoms with Gasteiger partial charge >= 0.3 is 0 Å². The maximum atomic E-state index is 7.47. The summed E-state index contributed by atoms with van der Waals surface area (Å²) in [5, 5.41) is 0. The van der Waals surface area contributed by atoms with Crippen molar-refractivity contribution in [2.75, 3.05) is 105 Å². The van der Waals surface area contributed by atoms with Gasteiger partial charge in [-0.1, -0.05) is 0 Å². The molecule has 4 fully saturated rings. The van der Waals surface area contributed by atoms with Gasteiger partial charge in [-0.05, 0) is 22.5 Å². The SMILES string of the molecule is Cl[P@@]1(N2CCOCC2)=N[P@](Cl)(N2CCOCC2)=NP(N2CCOCC2)(N2CCOCC2)=N1. The summed E-state index contributed by atoms with van der Waals surface area (Å²) >= 11 is 14.9. The van der Waals surface area contributed by atoms with Crippen LogP contribution in [0, 0.1) is 0 Å². The van der Waals surface area contributed by atoms with E-state index in [4.69, 9.17) is 55.0 Å². The molecule has 0 saturated carbocycles. The molecule has 184 valence electrons. The molecular formula is C16H32Cl2N7O4P3. The topological polar surface area (TPSA) is 87.0 Å². The fraction of sp³-hybridized carbons (Fsp3) is 1.00. The Morgan fingerprint density at radius 2 is 0.750 bits per heavy atom. The van der Waals surface area contributed by atoms with Crippen molar-refractivity contribution in [2.45, 2.75) is 0 Å². The second-order valence-corrected chi connectivity index (χ2v) is 18.2. The van der Waals surface area contributed by atoms with Gasteiger partial charge < -0.3 is 18.9 Å². The summed E-state index contributed by atoms with van der Waals surface area (Å²) in [6.45, 7) is 5.45. The summed E-state index contributed by atoms with van der Waals surface area (Å²) in [5.74, 6) is 0. The van der Waals surface area contributed by atoms with Crippen LogP contribution < -0.4 is 0 Å². The van der Waals surface area contributed by atoms with Crippen molar-refractivity contribution in [2.24, 2.45) is 13.5 Å². The van der Waals surface area contributed by atoms with Crippen LogP contribution in [-0.2, 0) is 18.9 Å². The predicted molar refractivity (Wildman–Crippen MR) is 129 cm³/mol. The number of hydrogen-bond acceptors (Lipinski definition) is 11. The quantitative estimate of drug-likeness (QED) is 0.491. The zero-order valence-electron chi connectivity index (χ0n) is 18.2. The fourth-order valence-corrected chi connectivity index (χ4v) is 20.7. The van der Waals surface area contributed by atoms with E-state index in [1.807, 2.05) is 0 Å². The molecule has 0 amide bonds. The van der Waals surface area contributed by atoms with Crippen LogP contribution in [-0.4, -0.2) is 124 Å². The van der Waals surface area contributed by atoms with Gasteiger partial charge in [-0.15, -0.1) is 0 Å². The average molecular weight is 550 g/mol. The van der Waals surface area contributed by atoms with Gasteiger partial charge in [-0.3, -0.25) is 0 Å². The van der Waals surface area contributed by atoms with Gasteiger partial charge in [0.1, 0.15) is 0 Å². The summed E-state index contributed by atoms with van der Waals surface area (Å²) in [4.78, 5) is 0. The van der Waals surface area contributed by atoms with Crippen molar-refractivity contribution in [3.8, 4) is 0 Å². The number of morpholine rings is 4. The zero-order chi connectivity index (χ0) is 22.1. The Bertz CT molecular complexity index is 796. The van der Waals surface area contributed by atoms with Crippen LogP contribution in [0.4, 0.5) is 0 Å². The maximum absolute atomic E-state index is 7.47. The molecule has 16 heteroatoms. The number of nitrogens with zero attached hydrogens (tertiary/aromatic N) is 7. The van der Waals surface area contributed by atoms with E-state index < -0.39 is 20.9 Å². The van der Waals surface area contributed by atoms with E-state index in [1.54, 1.807) is 0 Å². The van der Waals surface area contributed by atoms with Gasteiger partial charge in [0.25, 0.3) is 0 Å². The Hall–Kier alpha value is 0.950. The highest BCUT2D eigenvalue weighted by Gasteiger charge is 2.47. The molecule has 4 saturated heterocycles. The highest BCUT2D eigenvalue weighted by atomic mass is 35.7. The third kappa shape index (κ3) is 4.94. The summed E-state index contributed by atoms with van der Waals surface area (Å²) in [7, 11) is -2.58. The molecule has 0 radical (unpaired) electrons. The lowest BCUT2D eigenvalue weighted by molar-refractivity contribution is 0.0567. The highest BCUT2D eigenvalue weighted by Crippen LogP contribution is 2.85. The molecule has 0 aromatic carbocycles. The molecular weight excluding hydrogens is 518 g/mol. The monoisotopic (exact) mass is 549 g/mol. The normalized spacial score (nSPS) is 38.4. The summed E-state index contributed by atoms with van der Waals surface area (Å²) < 4.78 is 47.8. The smallest absolute Gasteiger partial charge is 0.239 e. The van der Waals surface area contributed by atoms with Crippen LogP contribution in [0.3, 0.4) is 0 Å². The summed E-state index contributed by atoms with van der Waals surface area (Å²) in [6.07, 6.45) is 0. The van der Waals surface area contributed by atoms with Crippen molar-refractivity contribution in [3.05, 3.63) is 0 Å². The van der Waals surface area contributed by atoms with Crippen LogP contribution in [0.1, 0.15) is 0 Å². The standard InChI is InChI=1S/C16H32Cl2N7O4P3/c17-30(22-1-9-26-10-2-22)19-31(18,23-3-11-27-12-4-23)21-32(20-30,24-5-13-28-14-6-24)25-7-15-29-16-8-25/h1-16H2/t30-,31+. The van der Waals surface area contributed by atoms with Gasteiger partial charge in [-0.25, -0.2) is 18.7 Å². The van der Waals surface area contributed by atoms with E-state index in [9.17, 15) is 0 Å². The van der Waals surface area contributed by atoms with Gasteiger partial charge in [-0.2, -0.15) is 13.5 Å². The molecule has 32 heavy (non-hydrogen) atoms. The summed E-state index contributed by atoms with van der Waals surface area (Å²) in [6, 6.07) is 0.